The minimum Gasteiger partial charge on any atom is -0.463 e. The van der Waals surface area contributed by atoms with E-state index < -0.39 is 12.0 Å². The number of thiazole rings is 1. The molecule has 188 valence electrons. The van der Waals surface area contributed by atoms with Crippen LogP contribution in [0.2, 0.25) is 0 Å². The molecule has 0 fully saturated rings. The van der Waals surface area contributed by atoms with E-state index in [4.69, 9.17) is 19.2 Å². The van der Waals surface area contributed by atoms with Gasteiger partial charge in [-0.05, 0) is 62.6 Å². The molecule has 3 aromatic rings. The Morgan fingerprint density at radius 2 is 2.00 bits per heavy atom. The average molecular weight is 508 g/mol. The lowest BCUT2D eigenvalue weighted by Gasteiger charge is -2.25. The van der Waals surface area contributed by atoms with Crippen LogP contribution < -0.4 is 24.4 Å². The van der Waals surface area contributed by atoms with Crippen molar-refractivity contribution >= 4 is 23.4 Å². The van der Waals surface area contributed by atoms with E-state index in [0.717, 1.165) is 28.9 Å². The summed E-state index contributed by atoms with van der Waals surface area (Å²) in [5, 5.41) is 0. The van der Waals surface area contributed by atoms with Gasteiger partial charge in [-0.1, -0.05) is 30.7 Å². The molecule has 0 aliphatic carbocycles. The van der Waals surface area contributed by atoms with Crippen LogP contribution in [-0.2, 0) is 16.6 Å². The minimum atomic E-state index is -0.683. The summed E-state index contributed by atoms with van der Waals surface area (Å²) in [5.41, 5.74) is 4.76. The average Bonchev–Trinajstić information content (AvgIpc) is 3.51. The lowest BCUT2D eigenvalue weighted by molar-refractivity contribution is -0.139. The molecule has 0 N–H and O–H groups in total. The van der Waals surface area contributed by atoms with E-state index in [1.807, 2.05) is 52.1 Å². The third kappa shape index (κ3) is 3.97. The lowest BCUT2D eigenvalue weighted by Crippen LogP contribution is -2.40. The van der Waals surface area contributed by atoms with Gasteiger partial charge in [0.25, 0.3) is 5.56 Å². The van der Waals surface area contributed by atoms with E-state index in [-0.39, 0.29) is 19.0 Å². The molecular weight excluding hydrogens is 478 g/mol. The van der Waals surface area contributed by atoms with Crippen molar-refractivity contribution in [2.24, 2.45) is 12.0 Å². The fourth-order valence-electron chi connectivity index (χ4n) is 4.69. The normalized spacial score (nSPS) is 16.8. The van der Waals surface area contributed by atoms with E-state index in [1.54, 1.807) is 11.5 Å². The predicted molar refractivity (Wildman–Crippen MR) is 137 cm³/mol. The van der Waals surface area contributed by atoms with Crippen LogP contribution in [0.3, 0.4) is 0 Å². The highest BCUT2D eigenvalue weighted by Crippen LogP contribution is 2.38. The van der Waals surface area contributed by atoms with Gasteiger partial charge < -0.3 is 18.8 Å². The smallest absolute Gasteiger partial charge is 0.338 e. The Hall–Kier alpha value is -3.59. The Kier molecular flexibility index (Phi) is 6.34. The Labute approximate surface area is 212 Å². The first-order valence-corrected chi connectivity index (χ1v) is 12.9. The van der Waals surface area contributed by atoms with Crippen molar-refractivity contribution in [3.8, 4) is 11.5 Å². The SMILES string of the molecule is CCCC1=C(C(=O)OCC)[C@@H](c2ccc3c(c2)OCO3)n2c(s/c(=C/c3cc(C)n(C)c3C)c2=O)=N1. The number of ether oxygens (including phenoxy) is 3. The van der Waals surface area contributed by atoms with Crippen molar-refractivity contribution in [1.29, 1.82) is 0 Å². The van der Waals surface area contributed by atoms with Gasteiger partial charge >= 0.3 is 5.97 Å². The molecule has 36 heavy (non-hydrogen) atoms. The molecule has 5 rings (SSSR count). The quantitative estimate of drug-likeness (QED) is 0.478. The van der Waals surface area contributed by atoms with Gasteiger partial charge in [0.05, 0.1) is 28.5 Å². The van der Waals surface area contributed by atoms with Gasteiger partial charge in [0, 0.05) is 18.4 Å². The molecule has 0 saturated carbocycles. The van der Waals surface area contributed by atoms with Crippen molar-refractivity contribution in [3.05, 3.63) is 77.7 Å². The highest BCUT2D eigenvalue weighted by atomic mass is 32.1. The summed E-state index contributed by atoms with van der Waals surface area (Å²) >= 11 is 1.34. The van der Waals surface area contributed by atoms with Gasteiger partial charge in [0.15, 0.2) is 16.3 Å². The Morgan fingerprint density at radius 1 is 1.22 bits per heavy atom. The Balaban J connectivity index is 1.77. The second-order valence-corrected chi connectivity index (χ2v) is 9.92. The molecule has 1 aromatic carbocycles. The zero-order valence-corrected chi connectivity index (χ0v) is 21.9. The lowest BCUT2D eigenvalue weighted by atomic mass is 9.94. The topological polar surface area (TPSA) is 84.0 Å². The van der Waals surface area contributed by atoms with Crippen molar-refractivity contribution < 1.29 is 19.0 Å². The zero-order valence-electron chi connectivity index (χ0n) is 21.1. The van der Waals surface area contributed by atoms with E-state index in [1.165, 1.54) is 11.3 Å². The van der Waals surface area contributed by atoms with Crippen LogP contribution in [0, 0.1) is 13.8 Å². The third-order valence-electron chi connectivity index (χ3n) is 6.71. The van der Waals surface area contributed by atoms with Crippen LogP contribution in [-0.4, -0.2) is 28.5 Å². The molecule has 2 aliphatic rings. The third-order valence-corrected chi connectivity index (χ3v) is 7.69. The maximum Gasteiger partial charge on any atom is 0.338 e. The largest absolute Gasteiger partial charge is 0.463 e. The summed E-state index contributed by atoms with van der Waals surface area (Å²) in [6.07, 6.45) is 3.31. The van der Waals surface area contributed by atoms with Crippen LogP contribution in [0.4, 0.5) is 0 Å². The van der Waals surface area contributed by atoms with Gasteiger partial charge in [-0.3, -0.25) is 9.36 Å². The Bertz CT molecular complexity index is 1570. The molecule has 8 nitrogen and oxygen atoms in total. The molecule has 4 heterocycles. The molecule has 0 radical (unpaired) electrons. The number of carbonyl (C=O) groups excluding carboxylic acids is 1. The van der Waals surface area contributed by atoms with E-state index in [0.29, 0.717) is 38.5 Å². The molecule has 0 spiro atoms. The zero-order chi connectivity index (χ0) is 25.6. The van der Waals surface area contributed by atoms with Crippen molar-refractivity contribution in [1.82, 2.24) is 9.13 Å². The number of hydrogen-bond acceptors (Lipinski definition) is 7. The van der Waals surface area contributed by atoms with E-state index >= 15 is 0 Å². The van der Waals surface area contributed by atoms with Crippen molar-refractivity contribution in [2.45, 2.75) is 46.6 Å². The molecule has 1 atom stereocenters. The molecule has 0 amide bonds. The summed E-state index contributed by atoms with van der Waals surface area (Å²) in [6.45, 7) is 8.24. The van der Waals surface area contributed by atoms with Gasteiger partial charge in [0.2, 0.25) is 6.79 Å². The number of rotatable bonds is 6. The molecule has 0 saturated heterocycles. The number of nitrogens with zero attached hydrogens (tertiary/aromatic N) is 3. The number of hydrogen-bond donors (Lipinski definition) is 0. The first-order chi connectivity index (χ1) is 17.3. The Morgan fingerprint density at radius 3 is 2.69 bits per heavy atom. The number of aryl methyl sites for hydroxylation is 1. The fraction of sp³-hybridized carbons (Fsp3) is 0.370. The highest BCUT2D eigenvalue weighted by Gasteiger charge is 2.35. The molecule has 2 aromatic heterocycles. The number of benzene rings is 1. The van der Waals surface area contributed by atoms with Crippen molar-refractivity contribution in [3.63, 3.8) is 0 Å². The summed E-state index contributed by atoms with van der Waals surface area (Å²) in [6, 6.07) is 6.90. The second-order valence-electron chi connectivity index (χ2n) is 8.91. The molecular formula is C27H29N3O5S. The maximum absolute atomic E-state index is 13.9. The maximum atomic E-state index is 13.9. The summed E-state index contributed by atoms with van der Waals surface area (Å²) in [7, 11) is 2.01. The highest BCUT2D eigenvalue weighted by molar-refractivity contribution is 7.07. The molecule has 2 aliphatic heterocycles. The van der Waals surface area contributed by atoms with Gasteiger partial charge in [-0.2, -0.15) is 0 Å². The number of allylic oxidation sites excluding steroid dienone is 1. The summed E-state index contributed by atoms with van der Waals surface area (Å²) in [4.78, 5) is 32.5. The van der Waals surface area contributed by atoms with Gasteiger partial charge in [0.1, 0.15) is 0 Å². The number of carbonyl (C=O) groups is 1. The first kappa shape index (κ1) is 24.1. The summed E-state index contributed by atoms with van der Waals surface area (Å²) < 4.78 is 20.8. The van der Waals surface area contributed by atoms with Crippen LogP contribution in [0.1, 0.15) is 55.2 Å². The van der Waals surface area contributed by atoms with Crippen LogP contribution in [0.25, 0.3) is 6.08 Å². The number of fused-ring (bicyclic) bond motifs is 2. The standard InChI is InChI=1S/C27H29N3O5S/c1-6-8-19-23(26(32)33-7-2)24(17-9-10-20-21(12-17)35-14-34-20)30-25(31)22(36-27(30)28-19)13-18-11-15(3)29(5)16(18)4/h9-13,24H,6-8,14H2,1-5H3/b22-13+/t24-/m1/s1. The fourth-order valence-corrected chi connectivity index (χ4v) is 5.70. The number of aromatic nitrogens is 2. The van der Waals surface area contributed by atoms with E-state index in [9.17, 15) is 9.59 Å². The molecule has 9 heteroatoms. The molecule has 0 bridgehead atoms. The van der Waals surface area contributed by atoms with Crippen LogP contribution >= 0.6 is 11.3 Å². The number of esters is 1. The minimum absolute atomic E-state index is 0.138. The molecule has 0 unspecified atom stereocenters. The predicted octanol–water partition coefficient (Wildman–Crippen LogP) is 3.26. The second kappa shape index (κ2) is 9.46. The van der Waals surface area contributed by atoms with E-state index in [2.05, 4.69) is 10.6 Å². The van der Waals surface area contributed by atoms with Gasteiger partial charge in [-0.25, -0.2) is 9.79 Å². The monoisotopic (exact) mass is 507 g/mol. The van der Waals surface area contributed by atoms with Crippen molar-refractivity contribution in [2.75, 3.05) is 13.4 Å². The summed E-state index contributed by atoms with van der Waals surface area (Å²) in [5.74, 6) is 0.759. The first-order valence-electron chi connectivity index (χ1n) is 12.1. The van der Waals surface area contributed by atoms with Crippen LogP contribution in [0.15, 0.2) is 45.3 Å². The van der Waals surface area contributed by atoms with Crippen LogP contribution in [0.5, 0.6) is 11.5 Å². The van der Waals surface area contributed by atoms with Gasteiger partial charge in [-0.15, -0.1) is 0 Å².